The molecule has 1 N–H and O–H groups in total. The van der Waals surface area contributed by atoms with Gasteiger partial charge in [0.05, 0.1) is 6.10 Å². The first kappa shape index (κ1) is 13.1. The lowest BCUT2D eigenvalue weighted by molar-refractivity contribution is 0.0176. The van der Waals surface area contributed by atoms with Crippen LogP contribution in [0.2, 0.25) is 0 Å². The molecule has 1 aliphatic rings. The van der Waals surface area contributed by atoms with Crippen LogP contribution in [0.1, 0.15) is 23.2 Å². The normalized spacial score (nSPS) is 21.5. The fraction of sp³-hybridized carbons (Fsp3) is 0.312. The van der Waals surface area contributed by atoms with Crippen LogP contribution in [0.4, 0.5) is 4.39 Å². The largest absolute Gasteiger partial charge is 0.381 e. The average Bonchev–Trinajstić information content (AvgIpc) is 2.43. The number of ether oxygens (including phenoxy) is 1. The van der Waals surface area contributed by atoms with E-state index in [2.05, 4.69) is 5.32 Å². The van der Waals surface area contributed by atoms with Crippen LogP contribution in [0.5, 0.6) is 0 Å². The van der Waals surface area contributed by atoms with E-state index in [0.717, 1.165) is 12.8 Å². The van der Waals surface area contributed by atoms with Gasteiger partial charge in [0.25, 0.3) is 5.91 Å². The number of nitrogens with one attached hydrogen (secondary N) is 1. The summed E-state index contributed by atoms with van der Waals surface area (Å²) in [5.41, 5.74) is 0.517. The molecular formula is C16H16FNO2. The highest BCUT2D eigenvalue weighted by Crippen LogP contribution is 2.25. The highest BCUT2D eigenvalue weighted by atomic mass is 19.1. The van der Waals surface area contributed by atoms with Crippen molar-refractivity contribution in [3.63, 3.8) is 0 Å². The second kappa shape index (κ2) is 5.21. The number of halogens is 1. The van der Waals surface area contributed by atoms with Gasteiger partial charge in [0, 0.05) is 24.1 Å². The van der Waals surface area contributed by atoms with Gasteiger partial charge in [-0.15, -0.1) is 0 Å². The van der Waals surface area contributed by atoms with Crippen molar-refractivity contribution in [1.29, 1.82) is 0 Å². The second-order valence-corrected chi connectivity index (χ2v) is 5.14. The quantitative estimate of drug-likeness (QED) is 0.933. The van der Waals surface area contributed by atoms with E-state index in [-0.39, 0.29) is 23.9 Å². The van der Waals surface area contributed by atoms with E-state index in [1.807, 2.05) is 6.07 Å². The molecule has 1 saturated carbocycles. The first-order valence-corrected chi connectivity index (χ1v) is 6.70. The summed E-state index contributed by atoms with van der Waals surface area (Å²) in [7, 11) is 1.68. The van der Waals surface area contributed by atoms with Crippen molar-refractivity contribution in [3.05, 3.63) is 47.8 Å². The molecule has 104 valence electrons. The minimum absolute atomic E-state index is 0.149. The van der Waals surface area contributed by atoms with Crippen molar-refractivity contribution in [2.45, 2.75) is 25.0 Å². The number of hydrogen-bond donors (Lipinski definition) is 1. The molecule has 3 nitrogen and oxygen atoms in total. The van der Waals surface area contributed by atoms with Gasteiger partial charge < -0.3 is 10.1 Å². The summed E-state index contributed by atoms with van der Waals surface area (Å²) in [5, 5.41) is 4.09. The lowest BCUT2D eigenvalue weighted by atomic mass is 9.89. The Kier molecular flexibility index (Phi) is 3.40. The van der Waals surface area contributed by atoms with Gasteiger partial charge >= 0.3 is 0 Å². The number of amides is 1. The highest BCUT2D eigenvalue weighted by Gasteiger charge is 2.30. The van der Waals surface area contributed by atoms with Crippen LogP contribution in [0.15, 0.2) is 36.4 Å². The number of rotatable bonds is 3. The maximum atomic E-state index is 13.7. The van der Waals surface area contributed by atoms with Gasteiger partial charge in [-0.25, -0.2) is 4.39 Å². The molecule has 20 heavy (non-hydrogen) atoms. The Bertz CT molecular complexity index is 650. The van der Waals surface area contributed by atoms with Crippen molar-refractivity contribution in [2.75, 3.05) is 7.11 Å². The number of methoxy groups -OCH3 is 1. The van der Waals surface area contributed by atoms with E-state index in [4.69, 9.17) is 4.74 Å². The van der Waals surface area contributed by atoms with E-state index in [0.29, 0.717) is 16.3 Å². The van der Waals surface area contributed by atoms with Gasteiger partial charge in [0.15, 0.2) is 0 Å². The van der Waals surface area contributed by atoms with Crippen molar-refractivity contribution in [3.8, 4) is 0 Å². The van der Waals surface area contributed by atoms with E-state index >= 15 is 0 Å². The summed E-state index contributed by atoms with van der Waals surface area (Å²) in [6.07, 6.45) is 1.91. The van der Waals surface area contributed by atoms with Crippen LogP contribution in [0, 0.1) is 5.82 Å². The van der Waals surface area contributed by atoms with Crippen LogP contribution in [0.25, 0.3) is 10.8 Å². The maximum absolute atomic E-state index is 13.7. The first-order chi connectivity index (χ1) is 9.69. The Morgan fingerprint density at radius 3 is 2.60 bits per heavy atom. The number of carbonyl (C=O) groups is 1. The van der Waals surface area contributed by atoms with Gasteiger partial charge in [0.2, 0.25) is 0 Å². The molecule has 1 amide bonds. The van der Waals surface area contributed by atoms with Gasteiger partial charge in [-0.2, -0.15) is 0 Å². The summed E-state index contributed by atoms with van der Waals surface area (Å²) >= 11 is 0. The predicted molar refractivity (Wildman–Crippen MR) is 75.2 cm³/mol. The van der Waals surface area contributed by atoms with Gasteiger partial charge in [-0.1, -0.05) is 24.3 Å². The third-order valence-corrected chi connectivity index (χ3v) is 3.88. The van der Waals surface area contributed by atoms with Crippen molar-refractivity contribution in [1.82, 2.24) is 5.32 Å². The number of fused-ring (bicyclic) bond motifs is 1. The Morgan fingerprint density at radius 1 is 1.20 bits per heavy atom. The summed E-state index contributed by atoms with van der Waals surface area (Å²) in [4.78, 5) is 12.3. The molecule has 4 heteroatoms. The Hall–Kier alpha value is -1.94. The summed E-state index contributed by atoms with van der Waals surface area (Å²) in [6, 6.07) is 10.1. The fourth-order valence-electron chi connectivity index (χ4n) is 2.60. The van der Waals surface area contributed by atoms with E-state index < -0.39 is 0 Å². The average molecular weight is 273 g/mol. The summed E-state index contributed by atoms with van der Waals surface area (Å²) in [6.45, 7) is 0. The molecule has 3 rings (SSSR count). The smallest absolute Gasteiger partial charge is 0.252 e. The van der Waals surface area contributed by atoms with E-state index in [1.165, 1.54) is 6.07 Å². The van der Waals surface area contributed by atoms with Crippen LogP contribution < -0.4 is 5.32 Å². The number of benzene rings is 2. The minimum Gasteiger partial charge on any atom is -0.381 e. The molecule has 0 radical (unpaired) electrons. The lowest BCUT2D eigenvalue weighted by Crippen LogP contribution is -2.47. The summed E-state index contributed by atoms with van der Waals surface area (Å²) in [5.74, 6) is -0.457. The molecule has 0 aliphatic heterocycles. The number of hydrogen-bond acceptors (Lipinski definition) is 2. The van der Waals surface area contributed by atoms with Crippen LogP contribution in [0.3, 0.4) is 0 Å². The molecular weight excluding hydrogens is 257 g/mol. The SMILES string of the molecule is COC1CC(NC(=O)c2ccc(F)c3ccccc23)C1. The summed E-state index contributed by atoms with van der Waals surface area (Å²) < 4.78 is 18.9. The molecule has 0 bridgehead atoms. The van der Waals surface area contributed by atoms with Gasteiger partial charge in [-0.3, -0.25) is 4.79 Å². The zero-order valence-electron chi connectivity index (χ0n) is 11.2. The molecule has 1 aliphatic carbocycles. The number of carbonyl (C=O) groups excluding carboxylic acids is 1. The van der Waals surface area contributed by atoms with Crippen LogP contribution in [-0.4, -0.2) is 25.2 Å². The molecule has 0 atom stereocenters. The van der Waals surface area contributed by atoms with Crippen molar-refractivity contribution >= 4 is 16.7 Å². The van der Waals surface area contributed by atoms with Crippen molar-refractivity contribution < 1.29 is 13.9 Å². The monoisotopic (exact) mass is 273 g/mol. The molecule has 1 fully saturated rings. The maximum Gasteiger partial charge on any atom is 0.252 e. The second-order valence-electron chi connectivity index (χ2n) is 5.14. The van der Waals surface area contributed by atoms with E-state index in [1.54, 1.807) is 31.4 Å². The zero-order valence-corrected chi connectivity index (χ0v) is 11.2. The third-order valence-electron chi connectivity index (χ3n) is 3.88. The fourth-order valence-corrected chi connectivity index (χ4v) is 2.60. The van der Waals surface area contributed by atoms with Gasteiger partial charge in [-0.05, 0) is 30.4 Å². The molecule has 0 saturated heterocycles. The van der Waals surface area contributed by atoms with Gasteiger partial charge in [0.1, 0.15) is 5.82 Å². The highest BCUT2D eigenvalue weighted by molar-refractivity contribution is 6.07. The van der Waals surface area contributed by atoms with Crippen molar-refractivity contribution in [2.24, 2.45) is 0 Å². The van der Waals surface area contributed by atoms with Crippen LogP contribution >= 0.6 is 0 Å². The van der Waals surface area contributed by atoms with E-state index in [9.17, 15) is 9.18 Å². The molecule has 2 aromatic rings. The Balaban J connectivity index is 1.83. The molecule has 0 aromatic heterocycles. The minimum atomic E-state index is -0.305. The Morgan fingerprint density at radius 2 is 1.90 bits per heavy atom. The third kappa shape index (κ3) is 2.27. The topological polar surface area (TPSA) is 38.3 Å². The Labute approximate surface area is 116 Å². The standard InChI is InChI=1S/C16H16FNO2/c1-20-11-8-10(9-11)18-16(19)14-6-7-15(17)13-5-3-2-4-12(13)14/h2-7,10-11H,8-9H2,1H3,(H,18,19). The molecule has 0 heterocycles. The molecule has 0 spiro atoms. The molecule has 0 unspecified atom stereocenters. The molecule has 2 aromatic carbocycles. The first-order valence-electron chi connectivity index (χ1n) is 6.70. The van der Waals surface area contributed by atoms with Crippen LogP contribution in [-0.2, 0) is 4.74 Å². The predicted octanol–water partition coefficient (Wildman–Crippen LogP) is 2.89. The zero-order chi connectivity index (χ0) is 14.1. The lowest BCUT2D eigenvalue weighted by Gasteiger charge is -2.34.